The molecule has 0 unspecified atom stereocenters. The summed E-state index contributed by atoms with van der Waals surface area (Å²) in [4.78, 5) is 0. The molecule has 7 heteroatoms. The van der Waals surface area contributed by atoms with E-state index >= 15 is 0 Å². The van der Waals surface area contributed by atoms with E-state index in [2.05, 4.69) is 11.8 Å². The van der Waals surface area contributed by atoms with Gasteiger partial charge in [-0.05, 0) is 24.3 Å². The van der Waals surface area contributed by atoms with Gasteiger partial charge in [0.25, 0.3) is 0 Å². The van der Waals surface area contributed by atoms with E-state index in [0.29, 0.717) is 5.56 Å². The molecule has 0 aromatic heterocycles. The van der Waals surface area contributed by atoms with Gasteiger partial charge in [0.2, 0.25) is 0 Å². The second-order valence-corrected chi connectivity index (χ2v) is 6.31. The number of para-hydroxylation sites is 1. The zero-order chi connectivity index (χ0) is 16.9. The van der Waals surface area contributed by atoms with Crippen molar-refractivity contribution in [3.05, 3.63) is 66.2 Å². The lowest BCUT2D eigenvalue weighted by molar-refractivity contribution is -0.0437. The number of nitrogens with zero attached hydrogens (tertiary/aromatic N) is 1. The smallest absolute Gasteiger partial charge is 0.251 e. The maximum absolute atomic E-state index is 12.8. The van der Waals surface area contributed by atoms with Crippen molar-refractivity contribution >= 4 is 15.7 Å². The molecule has 0 N–H and O–H groups in total. The van der Waals surface area contributed by atoms with Gasteiger partial charge in [0, 0.05) is 5.56 Å². The van der Waals surface area contributed by atoms with E-state index in [1.54, 1.807) is 36.4 Å². The van der Waals surface area contributed by atoms with Crippen molar-refractivity contribution < 1.29 is 21.6 Å². The van der Waals surface area contributed by atoms with E-state index in [1.165, 1.54) is 24.3 Å². The molecule has 0 saturated heterocycles. The zero-order valence-electron chi connectivity index (χ0n) is 11.8. The van der Waals surface area contributed by atoms with Crippen LogP contribution in [-0.2, 0) is 10.0 Å². The van der Waals surface area contributed by atoms with Crippen molar-refractivity contribution in [3.8, 4) is 11.8 Å². The van der Waals surface area contributed by atoms with Crippen molar-refractivity contribution in [3.63, 3.8) is 0 Å². The number of benzene rings is 2. The van der Waals surface area contributed by atoms with Crippen LogP contribution in [0.4, 0.5) is 18.9 Å². The second-order valence-electron chi connectivity index (χ2n) is 4.46. The molecule has 2 rings (SSSR count). The van der Waals surface area contributed by atoms with E-state index in [-0.39, 0.29) is 9.99 Å². The summed E-state index contributed by atoms with van der Waals surface area (Å²) >= 11 is 0. The summed E-state index contributed by atoms with van der Waals surface area (Å²) in [5.41, 5.74) is -4.89. The van der Waals surface area contributed by atoms with Gasteiger partial charge < -0.3 is 0 Å². The van der Waals surface area contributed by atoms with Crippen molar-refractivity contribution in [2.24, 2.45) is 0 Å². The van der Waals surface area contributed by atoms with Gasteiger partial charge >= 0.3 is 15.5 Å². The maximum Gasteiger partial charge on any atom is 0.516 e. The van der Waals surface area contributed by atoms with Crippen LogP contribution in [0.3, 0.4) is 0 Å². The highest BCUT2D eigenvalue weighted by Gasteiger charge is 2.50. The minimum Gasteiger partial charge on any atom is -0.251 e. The van der Waals surface area contributed by atoms with Gasteiger partial charge in [-0.15, -0.1) is 0 Å². The third-order valence-corrected chi connectivity index (χ3v) is 4.36. The number of rotatable bonds is 3. The fourth-order valence-corrected chi connectivity index (χ4v) is 2.65. The summed E-state index contributed by atoms with van der Waals surface area (Å²) in [5.74, 6) is 5.12. The van der Waals surface area contributed by atoms with E-state index in [1.807, 2.05) is 0 Å². The van der Waals surface area contributed by atoms with Crippen molar-refractivity contribution in [2.45, 2.75) is 5.51 Å². The van der Waals surface area contributed by atoms with Crippen LogP contribution in [-0.4, -0.2) is 20.5 Å². The lowest BCUT2D eigenvalue weighted by Gasteiger charge is -2.23. The standard InChI is InChI=1S/C16H12F3NO2S/c17-16(18,19)23(21,22)20(15-11-5-2-6-12-15)13-7-10-14-8-3-1-4-9-14/h1-6,8-9,11-12H,13H2. The van der Waals surface area contributed by atoms with Gasteiger partial charge in [-0.25, -0.2) is 0 Å². The lowest BCUT2D eigenvalue weighted by atomic mass is 10.2. The van der Waals surface area contributed by atoms with Gasteiger partial charge in [-0.3, -0.25) is 4.31 Å². The molecule has 0 amide bonds. The monoisotopic (exact) mass is 339 g/mol. The van der Waals surface area contributed by atoms with Gasteiger partial charge in [-0.2, -0.15) is 21.6 Å². The Morgan fingerprint density at radius 2 is 1.43 bits per heavy atom. The Kier molecular flexibility index (Phi) is 4.96. The zero-order valence-corrected chi connectivity index (χ0v) is 12.6. The second kappa shape index (κ2) is 6.75. The molecule has 0 heterocycles. The van der Waals surface area contributed by atoms with Gasteiger partial charge in [-0.1, -0.05) is 48.2 Å². The van der Waals surface area contributed by atoms with E-state index < -0.39 is 22.1 Å². The topological polar surface area (TPSA) is 37.4 Å². The van der Waals surface area contributed by atoms with Crippen LogP contribution in [0, 0.1) is 11.8 Å². The van der Waals surface area contributed by atoms with E-state index in [4.69, 9.17) is 0 Å². The maximum atomic E-state index is 12.8. The molecule has 2 aromatic carbocycles. The third kappa shape index (κ3) is 4.05. The summed E-state index contributed by atoms with van der Waals surface area (Å²) in [6.45, 7) is -0.596. The molecule has 0 bridgehead atoms. The Hall–Kier alpha value is -2.46. The highest BCUT2D eigenvalue weighted by Crippen LogP contribution is 2.30. The van der Waals surface area contributed by atoms with Crippen molar-refractivity contribution in [1.29, 1.82) is 0 Å². The van der Waals surface area contributed by atoms with Crippen LogP contribution < -0.4 is 4.31 Å². The van der Waals surface area contributed by atoms with E-state index in [9.17, 15) is 21.6 Å². The van der Waals surface area contributed by atoms with Crippen LogP contribution >= 0.6 is 0 Å². The number of sulfonamides is 1. The number of hydrogen-bond donors (Lipinski definition) is 0. The first-order chi connectivity index (χ1) is 10.8. The van der Waals surface area contributed by atoms with Gasteiger partial charge in [0.1, 0.15) is 0 Å². The minimum absolute atomic E-state index is 0.0906. The van der Waals surface area contributed by atoms with Gasteiger partial charge in [0.05, 0.1) is 12.2 Å². The predicted octanol–water partition coefficient (Wildman–Crippen LogP) is 3.39. The Labute approximate surface area is 132 Å². The molecule has 23 heavy (non-hydrogen) atoms. The molecule has 2 aromatic rings. The fraction of sp³-hybridized carbons (Fsp3) is 0.125. The first kappa shape index (κ1) is 16.9. The highest BCUT2D eigenvalue weighted by molar-refractivity contribution is 7.93. The average Bonchev–Trinajstić information content (AvgIpc) is 2.52. The Morgan fingerprint density at radius 1 is 0.913 bits per heavy atom. The van der Waals surface area contributed by atoms with Crippen LogP contribution in [0.25, 0.3) is 0 Å². The quantitative estimate of drug-likeness (QED) is 0.804. The predicted molar refractivity (Wildman–Crippen MR) is 82.1 cm³/mol. The van der Waals surface area contributed by atoms with Crippen LogP contribution in [0.15, 0.2) is 60.7 Å². The Morgan fingerprint density at radius 3 is 1.96 bits per heavy atom. The molecule has 0 aliphatic heterocycles. The number of hydrogen-bond acceptors (Lipinski definition) is 2. The van der Waals surface area contributed by atoms with Crippen molar-refractivity contribution in [1.82, 2.24) is 0 Å². The summed E-state index contributed by atoms with van der Waals surface area (Å²) in [6.07, 6.45) is 0. The van der Waals surface area contributed by atoms with E-state index in [0.717, 1.165) is 0 Å². The number of alkyl halides is 3. The fourth-order valence-electron chi connectivity index (χ4n) is 1.77. The molecule has 0 aliphatic carbocycles. The Balaban J connectivity index is 2.35. The average molecular weight is 339 g/mol. The minimum atomic E-state index is -5.52. The molecule has 120 valence electrons. The number of halogens is 3. The summed E-state index contributed by atoms with van der Waals surface area (Å²) in [6, 6.07) is 15.7. The first-order valence-electron chi connectivity index (χ1n) is 6.50. The molecular formula is C16H12F3NO2S. The van der Waals surface area contributed by atoms with Crippen LogP contribution in [0.1, 0.15) is 5.56 Å². The molecule has 0 spiro atoms. The molecule has 0 saturated carbocycles. The van der Waals surface area contributed by atoms with Crippen molar-refractivity contribution in [2.75, 3.05) is 10.8 Å². The van der Waals surface area contributed by atoms with Gasteiger partial charge in [0.15, 0.2) is 0 Å². The molecule has 3 nitrogen and oxygen atoms in total. The molecular weight excluding hydrogens is 327 g/mol. The normalized spacial score (nSPS) is 11.4. The number of anilines is 1. The van der Waals surface area contributed by atoms with Crippen LogP contribution in [0.2, 0.25) is 0 Å². The summed E-state index contributed by atoms with van der Waals surface area (Å²) in [5, 5.41) is 0. The Bertz CT molecular complexity index is 807. The lowest BCUT2D eigenvalue weighted by Crippen LogP contribution is -2.41. The summed E-state index contributed by atoms with van der Waals surface area (Å²) in [7, 11) is -5.52. The van der Waals surface area contributed by atoms with Crippen LogP contribution in [0.5, 0.6) is 0 Å². The molecule has 0 fully saturated rings. The summed E-state index contributed by atoms with van der Waals surface area (Å²) < 4.78 is 62.2. The SMILES string of the molecule is O=S(=O)(N(CC#Cc1ccccc1)c1ccccc1)C(F)(F)F. The molecule has 0 radical (unpaired) electrons. The molecule has 0 atom stereocenters. The molecule has 0 aliphatic rings. The largest absolute Gasteiger partial charge is 0.516 e. The highest BCUT2D eigenvalue weighted by atomic mass is 32.2. The first-order valence-corrected chi connectivity index (χ1v) is 7.94. The third-order valence-electron chi connectivity index (χ3n) is 2.86.